The van der Waals surface area contributed by atoms with Crippen LogP contribution in [0.15, 0.2) is 0 Å². The van der Waals surface area contributed by atoms with Crippen molar-refractivity contribution in [3.63, 3.8) is 0 Å². The third-order valence-corrected chi connectivity index (χ3v) is 7.55. The molecule has 128 valence electrons. The number of likely N-dealkylation sites (tertiary alicyclic amines) is 1. The van der Waals surface area contributed by atoms with Gasteiger partial charge in [0.15, 0.2) is 0 Å². The largest absolute Gasteiger partial charge is 0.389 e. The molecular formula is C19H35NO2. The van der Waals surface area contributed by atoms with Crippen LogP contribution in [0.3, 0.4) is 0 Å². The second-order valence-electron chi connectivity index (χ2n) is 9.07. The molecule has 0 aromatic heterocycles. The monoisotopic (exact) mass is 309 g/mol. The van der Waals surface area contributed by atoms with Gasteiger partial charge in [0.2, 0.25) is 0 Å². The Balaban J connectivity index is 1.45. The van der Waals surface area contributed by atoms with Gasteiger partial charge in [0.25, 0.3) is 0 Å². The normalized spacial score (nSPS) is 40.2. The Hall–Kier alpha value is -0.120. The van der Waals surface area contributed by atoms with E-state index >= 15 is 0 Å². The van der Waals surface area contributed by atoms with Gasteiger partial charge in [-0.3, -0.25) is 0 Å². The highest BCUT2D eigenvalue weighted by atomic mass is 16.5. The first-order chi connectivity index (χ1) is 10.3. The Morgan fingerprint density at radius 3 is 2.41 bits per heavy atom. The number of fused-ring (bicyclic) bond motifs is 2. The van der Waals surface area contributed by atoms with Crippen molar-refractivity contribution in [1.29, 1.82) is 0 Å². The SMILES string of the molecule is CC1CCN(C[C@H](O)CO[C@H]2C[C@@H]3CC[C@]2(C)C3(C)C)CC1. The average Bonchev–Trinajstić information content (AvgIpc) is 2.80. The van der Waals surface area contributed by atoms with E-state index in [0.29, 0.717) is 23.5 Å². The topological polar surface area (TPSA) is 32.7 Å². The number of ether oxygens (including phenoxy) is 1. The Kier molecular flexibility index (Phi) is 4.61. The number of piperidine rings is 1. The summed E-state index contributed by atoms with van der Waals surface area (Å²) in [7, 11) is 0. The number of aliphatic hydroxyl groups is 1. The summed E-state index contributed by atoms with van der Waals surface area (Å²) in [6, 6.07) is 0. The predicted molar refractivity (Wildman–Crippen MR) is 89.8 cm³/mol. The minimum absolute atomic E-state index is 0.304. The first-order valence-corrected chi connectivity index (χ1v) is 9.35. The number of aliphatic hydroxyl groups excluding tert-OH is 1. The van der Waals surface area contributed by atoms with Gasteiger partial charge in [0, 0.05) is 6.54 Å². The molecule has 4 atom stereocenters. The summed E-state index contributed by atoms with van der Waals surface area (Å²) in [5.74, 6) is 1.66. The van der Waals surface area contributed by atoms with Gasteiger partial charge in [-0.25, -0.2) is 0 Å². The second-order valence-corrected chi connectivity index (χ2v) is 9.07. The van der Waals surface area contributed by atoms with E-state index in [1.165, 1.54) is 32.1 Å². The molecule has 0 aromatic rings. The smallest absolute Gasteiger partial charge is 0.0900 e. The fourth-order valence-electron chi connectivity index (χ4n) is 5.20. The highest BCUT2D eigenvalue weighted by molar-refractivity contribution is 5.11. The summed E-state index contributed by atoms with van der Waals surface area (Å²) >= 11 is 0. The van der Waals surface area contributed by atoms with Crippen molar-refractivity contribution in [1.82, 2.24) is 4.90 Å². The number of hydrogen-bond donors (Lipinski definition) is 1. The van der Waals surface area contributed by atoms with Crippen LogP contribution in [0.1, 0.15) is 59.8 Å². The maximum atomic E-state index is 10.3. The minimum atomic E-state index is -0.334. The molecule has 3 rings (SSSR count). The van der Waals surface area contributed by atoms with Gasteiger partial charge >= 0.3 is 0 Å². The molecule has 22 heavy (non-hydrogen) atoms. The molecule has 0 aromatic carbocycles. The summed E-state index contributed by atoms with van der Waals surface area (Å²) in [5, 5.41) is 10.3. The highest BCUT2D eigenvalue weighted by Gasteiger charge is 2.61. The zero-order valence-corrected chi connectivity index (χ0v) is 15.0. The number of rotatable bonds is 5. The van der Waals surface area contributed by atoms with E-state index in [0.717, 1.165) is 31.5 Å². The van der Waals surface area contributed by atoms with E-state index < -0.39 is 0 Å². The molecule has 2 saturated carbocycles. The molecular weight excluding hydrogens is 274 g/mol. The third-order valence-electron chi connectivity index (χ3n) is 7.55. The number of β-amino-alcohol motifs (C(OH)–C–C–N with tert-alkyl or cyclic N) is 1. The quantitative estimate of drug-likeness (QED) is 0.846. The highest BCUT2D eigenvalue weighted by Crippen LogP contribution is 2.66. The molecule has 3 fully saturated rings. The summed E-state index contributed by atoms with van der Waals surface area (Å²) in [4.78, 5) is 2.40. The van der Waals surface area contributed by atoms with E-state index in [-0.39, 0.29) is 6.10 Å². The number of hydrogen-bond acceptors (Lipinski definition) is 3. The summed E-state index contributed by atoms with van der Waals surface area (Å²) in [5.41, 5.74) is 0.698. The molecule has 3 aliphatic rings. The standard InChI is InChI=1S/C19H35NO2/c1-14-6-9-20(10-7-14)12-16(21)13-22-17-11-15-5-8-19(17,4)18(15,2)3/h14-17,21H,5-13H2,1-4H3/t15-,16-,17-,19-/m0/s1. The Morgan fingerprint density at radius 2 is 1.86 bits per heavy atom. The van der Waals surface area contributed by atoms with Crippen LogP contribution in [0.5, 0.6) is 0 Å². The van der Waals surface area contributed by atoms with Gasteiger partial charge in [-0.15, -0.1) is 0 Å². The van der Waals surface area contributed by atoms with Gasteiger partial charge in [-0.05, 0) is 67.9 Å². The van der Waals surface area contributed by atoms with Crippen LogP contribution >= 0.6 is 0 Å². The van der Waals surface area contributed by atoms with E-state index in [4.69, 9.17) is 4.74 Å². The van der Waals surface area contributed by atoms with Crippen molar-refractivity contribution in [2.24, 2.45) is 22.7 Å². The minimum Gasteiger partial charge on any atom is -0.389 e. The van der Waals surface area contributed by atoms with E-state index in [9.17, 15) is 5.11 Å². The van der Waals surface area contributed by atoms with Crippen LogP contribution in [-0.4, -0.2) is 48.5 Å². The lowest BCUT2D eigenvalue weighted by Gasteiger charge is -2.39. The third kappa shape index (κ3) is 2.85. The van der Waals surface area contributed by atoms with Crippen LogP contribution in [-0.2, 0) is 4.74 Å². The van der Waals surface area contributed by atoms with Crippen LogP contribution < -0.4 is 0 Å². The van der Waals surface area contributed by atoms with E-state index in [1.54, 1.807) is 0 Å². The predicted octanol–water partition coefficient (Wildman–Crippen LogP) is 3.31. The summed E-state index contributed by atoms with van der Waals surface area (Å²) in [6.07, 6.45) is 6.38. The van der Waals surface area contributed by atoms with Crippen molar-refractivity contribution in [2.45, 2.75) is 72.0 Å². The molecule has 0 amide bonds. The van der Waals surface area contributed by atoms with Gasteiger partial charge in [-0.1, -0.05) is 27.7 Å². The average molecular weight is 309 g/mol. The van der Waals surface area contributed by atoms with Gasteiger partial charge in [0.1, 0.15) is 0 Å². The van der Waals surface area contributed by atoms with Crippen molar-refractivity contribution >= 4 is 0 Å². The fraction of sp³-hybridized carbons (Fsp3) is 1.00. The van der Waals surface area contributed by atoms with E-state index in [1.807, 2.05) is 0 Å². The van der Waals surface area contributed by atoms with Crippen LogP contribution in [0.25, 0.3) is 0 Å². The van der Waals surface area contributed by atoms with Crippen molar-refractivity contribution in [3.8, 4) is 0 Å². The molecule has 1 aliphatic heterocycles. The first-order valence-electron chi connectivity index (χ1n) is 9.35. The zero-order valence-electron chi connectivity index (χ0n) is 15.0. The Morgan fingerprint density at radius 1 is 1.18 bits per heavy atom. The van der Waals surface area contributed by atoms with Crippen LogP contribution in [0.2, 0.25) is 0 Å². The lowest BCUT2D eigenvalue weighted by atomic mass is 9.70. The van der Waals surface area contributed by atoms with Gasteiger partial charge < -0.3 is 14.7 Å². The molecule has 3 nitrogen and oxygen atoms in total. The molecule has 0 spiro atoms. The Bertz CT molecular complexity index is 389. The lowest BCUT2D eigenvalue weighted by Crippen LogP contribution is -2.42. The maximum absolute atomic E-state index is 10.3. The summed E-state index contributed by atoms with van der Waals surface area (Å²) in [6.45, 7) is 13.1. The fourth-order valence-corrected chi connectivity index (χ4v) is 5.20. The summed E-state index contributed by atoms with van der Waals surface area (Å²) < 4.78 is 6.22. The molecule has 1 saturated heterocycles. The molecule has 1 heterocycles. The molecule has 0 unspecified atom stereocenters. The van der Waals surface area contributed by atoms with Crippen molar-refractivity contribution in [2.75, 3.05) is 26.2 Å². The Labute approximate surface area is 136 Å². The molecule has 3 heteroatoms. The second kappa shape index (κ2) is 6.07. The van der Waals surface area contributed by atoms with Crippen LogP contribution in [0.4, 0.5) is 0 Å². The van der Waals surface area contributed by atoms with E-state index in [2.05, 4.69) is 32.6 Å². The van der Waals surface area contributed by atoms with Gasteiger partial charge in [0.05, 0.1) is 18.8 Å². The number of nitrogens with zero attached hydrogens (tertiary/aromatic N) is 1. The van der Waals surface area contributed by atoms with Crippen LogP contribution in [0, 0.1) is 22.7 Å². The van der Waals surface area contributed by atoms with Crippen molar-refractivity contribution < 1.29 is 9.84 Å². The zero-order chi connectivity index (χ0) is 16.0. The lowest BCUT2D eigenvalue weighted by molar-refractivity contribution is -0.0802. The maximum Gasteiger partial charge on any atom is 0.0900 e. The van der Waals surface area contributed by atoms with Crippen molar-refractivity contribution in [3.05, 3.63) is 0 Å². The molecule has 0 radical (unpaired) electrons. The van der Waals surface area contributed by atoms with Gasteiger partial charge in [-0.2, -0.15) is 0 Å². The molecule has 2 bridgehead atoms. The molecule has 2 aliphatic carbocycles. The molecule has 1 N–H and O–H groups in total. The first kappa shape index (κ1) is 16.7.